The van der Waals surface area contributed by atoms with Gasteiger partial charge in [-0.1, -0.05) is 22.9 Å². The van der Waals surface area contributed by atoms with E-state index < -0.39 is 0 Å². The van der Waals surface area contributed by atoms with Gasteiger partial charge in [0.05, 0.1) is 5.02 Å². The Morgan fingerprint density at radius 1 is 1.41 bits per heavy atom. The maximum absolute atomic E-state index is 6.07. The minimum absolute atomic E-state index is 0.616. The van der Waals surface area contributed by atoms with E-state index in [4.69, 9.17) is 11.6 Å². The molecule has 17 heavy (non-hydrogen) atoms. The molecule has 0 saturated heterocycles. The average Bonchev–Trinajstić information content (AvgIpc) is 3.06. The zero-order valence-electron chi connectivity index (χ0n) is 9.06. The predicted molar refractivity (Wildman–Crippen MR) is 68.0 cm³/mol. The van der Waals surface area contributed by atoms with E-state index in [0.29, 0.717) is 11.1 Å². The zero-order valence-corrected chi connectivity index (χ0v) is 10.6. The van der Waals surface area contributed by atoms with Crippen LogP contribution in [0.1, 0.15) is 17.8 Å². The molecule has 1 aliphatic rings. The van der Waals surface area contributed by atoms with Crippen LogP contribution < -0.4 is 5.32 Å². The molecule has 4 nitrogen and oxygen atoms in total. The van der Waals surface area contributed by atoms with Crippen LogP contribution in [0.25, 0.3) is 10.6 Å². The van der Waals surface area contributed by atoms with Gasteiger partial charge in [-0.05, 0) is 18.9 Å². The summed E-state index contributed by atoms with van der Waals surface area (Å²) in [6, 6.07) is 2.55. The second-order valence-corrected chi connectivity index (χ2v) is 5.48. The van der Waals surface area contributed by atoms with Crippen molar-refractivity contribution in [2.45, 2.75) is 25.4 Å². The second kappa shape index (κ2) is 4.68. The van der Waals surface area contributed by atoms with Crippen molar-refractivity contribution in [3.05, 3.63) is 28.5 Å². The number of nitrogens with zero attached hydrogens (tertiary/aromatic N) is 3. The molecule has 2 aromatic heterocycles. The Morgan fingerprint density at radius 2 is 2.29 bits per heavy atom. The number of hydrogen-bond acceptors (Lipinski definition) is 5. The van der Waals surface area contributed by atoms with Gasteiger partial charge in [-0.25, -0.2) is 0 Å². The Labute approximate surface area is 108 Å². The predicted octanol–water partition coefficient (Wildman–Crippen LogP) is 2.51. The first-order valence-corrected chi connectivity index (χ1v) is 6.68. The van der Waals surface area contributed by atoms with Crippen LogP contribution in [-0.2, 0) is 6.54 Å². The van der Waals surface area contributed by atoms with E-state index in [1.54, 1.807) is 23.7 Å². The molecular weight excluding hydrogens is 256 g/mol. The summed E-state index contributed by atoms with van der Waals surface area (Å²) in [6.45, 7) is 0.797. The third-order valence-corrected chi connectivity index (χ3v) is 3.85. The molecule has 0 aromatic carbocycles. The van der Waals surface area contributed by atoms with E-state index in [1.807, 2.05) is 6.07 Å². The van der Waals surface area contributed by atoms with Crippen LogP contribution >= 0.6 is 22.9 Å². The Hall–Kier alpha value is -1.04. The Kier molecular flexibility index (Phi) is 3.05. The first-order valence-electron chi connectivity index (χ1n) is 5.48. The topological polar surface area (TPSA) is 50.7 Å². The molecule has 2 heterocycles. The van der Waals surface area contributed by atoms with E-state index in [9.17, 15) is 0 Å². The molecule has 88 valence electrons. The van der Waals surface area contributed by atoms with Gasteiger partial charge < -0.3 is 5.32 Å². The average molecular weight is 267 g/mol. The minimum Gasteiger partial charge on any atom is -0.308 e. The van der Waals surface area contributed by atoms with E-state index >= 15 is 0 Å². The maximum atomic E-state index is 6.07. The lowest BCUT2D eigenvalue weighted by atomic mass is 10.3. The lowest BCUT2D eigenvalue weighted by Crippen LogP contribution is -2.14. The number of halogens is 1. The molecule has 1 saturated carbocycles. The standard InChI is InChI=1S/C11H11ClN4S/c12-9-5-13-4-3-8(9)11-16-15-10(17-11)6-14-7-1-2-7/h3-5,7,14H,1-2,6H2. The Balaban J connectivity index is 1.77. The fourth-order valence-corrected chi connectivity index (χ4v) is 2.60. The van der Waals surface area contributed by atoms with Crippen molar-refractivity contribution in [3.63, 3.8) is 0 Å². The van der Waals surface area contributed by atoms with Crippen LogP contribution in [0.4, 0.5) is 0 Å². The Morgan fingerprint density at radius 3 is 3.06 bits per heavy atom. The molecule has 0 radical (unpaired) electrons. The van der Waals surface area contributed by atoms with Gasteiger partial charge in [0.2, 0.25) is 0 Å². The lowest BCUT2D eigenvalue weighted by Gasteiger charge is -1.97. The van der Waals surface area contributed by atoms with Crippen molar-refractivity contribution >= 4 is 22.9 Å². The van der Waals surface area contributed by atoms with Crippen molar-refractivity contribution in [1.82, 2.24) is 20.5 Å². The molecule has 0 amide bonds. The highest BCUT2D eigenvalue weighted by molar-refractivity contribution is 7.14. The van der Waals surface area contributed by atoms with Crippen molar-refractivity contribution in [2.75, 3.05) is 0 Å². The summed E-state index contributed by atoms with van der Waals surface area (Å²) in [5.41, 5.74) is 0.900. The molecule has 1 fully saturated rings. The number of nitrogens with one attached hydrogen (secondary N) is 1. The molecule has 1 aliphatic carbocycles. The fourth-order valence-electron chi connectivity index (χ4n) is 1.50. The summed E-state index contributed by atoms with van der Waals surface area (Å²) in [5, 5.41) is 14.2. The number of rotatable bonds is 4. The molecule has 0 unspecified atom stereocenters. The third kappa shape index (κ3) is 2.62. The van der Waals surface area contributed by atoms with Gasteiger partial charge in [0.1, 0.15) is 10.0 Å². The van der Waals surface area contributed by atoms with Gasteiger partial charge in [0.25, 0.3) is 0 Å². The van der Waals surface area contributed by atoms with Gasteiger partial charge in [0.15, 0.2) is 0 Å². The van der Waals surface area contributed by atoms with Crippen molar-refractivity contribution in [3.8, 4) is 10.6 Å². The molecular formula is C11H11ClN4S. The third-order valence-electron chi connectivity index (χ3n) is 2.59. The van der Waals surface area contributed by atoms with Crippen LogP contribution in [0.3, 0.4) is 0 Å². The highest BCUT2D eigenvalue weighted by Crippen LogP contribution is 2.29. The van der Waals surface area contributed by atoms with Gasteiger partial charge in [-0.15, -0.1) is 10.2 Å². The SMILES string of the molecule is Clc1cnccc1-c1nnc(CNC2CC2)s1. The van der Waals surface area contributed by atoms with Crippen LogP contribution in [0.5, 0.6) is 0 Å². The van der Waals surface area contributed by atoms with Crippen molar-refractivity contribution in [1.29, 1.82) is 0 Å². The summed E-state index contributed by atoms with van der Waals surface area (Å²) >= 11 is 7.64. The van der Waals surface area contributed by atoms with Gasteiger partial charge >= 0.3 is 0 Å². The molecule has 2 aromatic rings. The molecule has 0 atom stereocenters. The number of pyridine rings is 1. The van der Waals surface area contributed by atoms with Gasteiger partial charge in [-0.3, -0.25) is 4.98 Å². The van der Waals surface area contributed by atoms with Crippen LogP contribution in [0, 0.1) is 0 Å². The summed E-state index contributed by atoms with van der Waals surface area (Å²) < 4.78 is 0. The first-order chi connectivity index (χ1) is 8.33. The summed E-state index contributed by atoms with van der Waals surface area (Å²) in [5.74, 6) is 0. The quantitative estimate of drug-likeness (QED) is 0.924. The van der Waals surface area contributed by atoms with Crippen molar-refractivity contribution in [2.24, 2.45) is 0 Å². The van der Waals surface area contributed by atoms with Crippen LogP contribution in [0.2, 0.25) is 5.02 Å². The van der Waals surface area contributed by atoms with Crippen molar-refractivity contribution < 1.29 is 0 Å². The normalized spacial score (nSPS) is 15.1. The monoisotopic (exact) mass is 266 g/mol. The maximum Gasteiger partial charge on any atom is 0.149 e. The fraction of sp³-hybridized carbons (Fsp3) is 0.364. The van der Waals surface area contributed by atoms with Gasteiger partial charge in [0, 0.05) is 30.5 Å². The molecule has 0 bridgehead atoms. The highest BCUT2D eigenvalue weighted by Gasteiger charge is 2.20. The highest BCUT2D eigenvalue weighted by atomic mass is 35.5. The summed E-state index contributed by atoms with van der Waals surface area (Å²) in [4.78, 5) is 3.96. The zero-order chi connectivity index (χ0) is 11.7. The summed E-state index contributed by atoms with van der Waals surface area (Å²) in [6.07, 6.45) is 5.90. The largest absolute Gasteiger partial charge is 0.308 e. The van der Waals surface area contributed by atoms with Crippen LogP contribution in [0.15, 0.2) is 18.5 Å². The molecule has 0 aliphatic heterocycles. The summed E-state index contributed by atoms with van der Waals surface area (Å²) in [7, 11) is 0. The van der Waals surface area contributed by atoms with Gasteiger partial charge in [-0.2, -0.15) is 0 Å². The molecule has 3 rings (SSSR count). The number of hydrogen-bond donors (Lipinski definition) is 1. The minimum atomic E-state index is 0.616. The van der Waals surface area contributed by atoms with Crippen LogP contribution in [-0.4, -0.2) is 21.2 Å². The number of aromatic nitrogens is 3. The molecule has 6 heteroatoms. The van der Waals surface area contributed by atoms with E-state index in [2.05, 4.69) is 20.5 Å². The smallest absolute Gasteiger partial charge is 0.149 e. The Bertz CT molecular complexity index is 524. The molecule has 1 N–H and O–H groups in total. The molecule has 0 spiro atoms. The van der Waals surface area contributed by atoms with E-state index in [-0.39, 0.29) is 0 Å². The van der Waals surface area contributed by atoms with E-state index in [0.717, 1.165) is 22.1 Å². The van der Waals surface area contributed by atoms with E-state index in [1.165, 1.54) is 12.8 Å². The first kappa shape index (κ1) is 11.1. The second-order valence-electron chi connectivity index (χ2n) is 4.01. The lowest BCUT2D eigenvalue weighted by molar-refractivity contribution is 0.679.